The second-order valence-corrected chi connectivity index (χ2v) is 8.51. The Kier molecular flexibility index (Phi) is 5.24. The van der Waals surface area contributed by atoms with E-state index in [4.69, 9.17) is 0 Å². The monoisotopic (exact) mass is 354 g/mol. The van der Waals surface area contributed by atoms with Crippen molar-refractivity contribution in [1.82, 2.24) is 4.90 Å². The molecule has 0 aromatic heterocycles. The highest BCUT2D eigenvalue weighted by molar-refractivity contribution is 8.04. The molecule has 1 fully saturated rings. The SMILES string of the molecule is CCCC[N+]1=C(/C=C2\SC(C#N)CN2CC)C(C)(C)c2ccccc21. The first kappa shape index (κ1) is 18.1. The first-order chi connectivity index (χ1) is 12.0. The van der Waals surface area contributed by atoms with Crippen LogP contribution in [0.1, 0.15) is 46.1 Å². The van der Waals surface area contributed by atoms with Crippen LogP contribution in [0.2, 0.25) is 0 Å². The zero-order valence-corrected chi connectivity index (χ0v) is 16.6. The van der Waals surface area contributed by atoms with Crippen LogP contribution >= 0.6 is 11.8 Å². The largest absolute Gasteiger partial charge is 0.364 e. The van der Waals surface area contributed by atoms with E-state index >= 15 is 0 Å². The van der Waals surface area contributed by atoms with Gasteiger partial charge < -0.3 is 4.90 Å². The first-order valence-electron chi connectivity index (χ1n) is 9.30. The molecule has 132 valence electrons. The van der Waals surface area contributed by atoms with Gasteiger partial charge in [-0.1, -0.05) is 43.3 Å². The minimum atomic E-state index is -0.0119. The lowest BCUT2D eigenvalue weighted by molar-refractivity contribution is -0.438. The number of thioether (sulfide) groups is 1. The predicted molar refractivity (Wildman–Crippen MR) is 106 cm³/mol. The summed E-state index contributed by atoms with van der Waals surface area (Å²) in [5.74, 6) is 0. The molecule has 1 aromatic carbocycles. The van der Waals surface area contributed by atoms with Crippen LogP contribution in [0.5, 0.6) is 0 Å². The number of nitriles is 1. The maximum atomic E-state index is 9.33. The summed E-state index contributed by atoms with van der Waals surface area (Å²) in [6, 6.07) is 11.2. The van der Waals surface area contributed by atoms with Gasteiger partial charge in [-0.25, -0.2) is 0 Å². The van der Waals surface area contributed by atoms with Gasteiger partial charge in [0.1, 0.15) is 11.8 Å². The molecule has 0 radical (unpaired) electrons. The number of hydrogen-bond donors (Lipinski definition) is 0. The van der Waals surface area contributed by atoms with Gasteiger partial charge in [0.15, 0.2) is 5.71 Å². The molecule has 2 heterocycles. The molecule has 2 aliphatic rings. The van der Waals surface area contributed by atoms with Gasteiger partial charge in [0, 0.05) is 37.2 Å². The molecule has 1 atom stereocenters. The minimum Gasteiger partial charge on any atom is -0.364 e. The average molecular weight is 355 g/mol. The normalized spacial score (nSPS) is 23.2. The van der Waals surface area contributed by atoms with Crippen LogP contribution in [0.15, 0.2) is 35.4 Å². The molecule has 3 rings (SSSR count). The van der Waals surface area contributed by atoms with Crippen LogP contribution in [0.3, 0.4) is 0 Å². The third-order valence-corrected chi connectivity index (χ3v) is 6.44. The number of rotatable bonds is 5. The first-order valence-corrected chi connectivity index (χ1v) is 10.2. The standard InChI is InChI=1S/C21H28N3S/c1-5-7-12-24-18-11-9-8-10-17(18)21(3,4)19(24)13-20-23(6-2)15-16(14-22)25-20/h8-11,13,16H,5-7,12,15H2,1-4H3/q+1. The van der Waals surface area contributed by atoms with Crippen molar-refractivity contribution in [3.63, 3.8) is 0 Å². The fourth-order valence-corrected chi connectivity index (χ4v) is 4.93. The zero-order valence-electron chi connectivity index (χ0n) is 15.7. The smallest absolute Gasteiger partial charge is 0.209 e. The van der Waals surface area contributed by atoms with E-state index in [0.717, 1.165) is 19.6 Å². The topological polar surface area (TPSA) is 30.0 Å². The van der Waals surface area contributed by atoms with Crippen LogP contribution in [0.4, 0.5) is 5.69 Å². The van der Waals surface area contributed by atoms with Gasteiger partial charge in [-0.3, -0.25) is 0 Å². The fourth-order valence-electron chi connectivity index (χ4n) is 3.80. The molecular weight excluding hydrogens is 326 g/mol. The van der Waals surface area contributed by atoms with Gasteiger partial charge in [0.25, 0.3) is 0 Å². The summed E-state index contributed by atoms with van der Waals surface area (Å²) in [6.45, 7) is 11.9. The van der Waals surface area contributed by atoms with Crippen molar-refractivity contribution in [2.24, 2.45) is 0 Å². The van der Waals surface area contributed by atoms with Crippen LogP contribution in [-0.2, 0) is 5.41 Å². The molecular formula is C21H28N3S+. The Morgan fingerprint density at radius 1 is 1.36 bits per heavy atom. The van der Waals surface area contributed by atoms with Gasteiger partial charge in [-0.15, -0.1) is 0 Å². The molecule has 0 N–H and O–H groups in total. The number of allylic oxidation sites excluding steroid dienone is 1. The predicted octanol–water partition coefficient (Wildman–Crippen LogP) is 4.67. The van der Waals surface area contributed by atoms with Gasteiger partial charge in [-0.05, 0) is 20.8 Å². The maximum Gasteiger partial charge on any atom is 0.209 e. The van der Waals surface area contributed by atoms with E-state index in [0.29, 0.717) is 0 Å². The zero-order chi connectivity index (χ0) is 18.0. The summed E-state index contributed by atoms with van der Waals surface area (Å²) in [4.78, 5) is 2.34. The molecule has 1 aromatic rings. The molecule has 1 unspecified atom stereocenters. The molecule has 25 heavy (non-hydrogen) atoms. The highest BCUT2D eigenvalue weighted by Crippen LogP contribution is 2.42. The highest BCUT2D eigenvalue weighted by atomic mass is 32.2. The van der Waals surface area contributed by atoms with Crippen LogP contribution < -0.4 is 0 Å². The van der Waals surface area contributed by atoms with E-state index in [1.165, 1.54) is 34.8 Å². The van der Waals surface area contributed by atoms with E-state index in [9.17, 15) is 5.26 Å². The van der Waals surface area contributed by atoms with Crippen molar-refractivity contribution in [1.29, 1.82) is 5.26 Å². The van der Waals surface area contributed by atoms with Gasteiger partial charge in [0.05, 0.1) is 16.5 Å². The van der Waals surface area contributed by atoms with Gasteiger partial charge >= 0.3 is 0 Å². The number of benzene rings is 1. The molecule has 0 spiro atoms. The fraction of sp³-hybridized carbons (Fsp3) is 0.524. The number of fused-ring (bicyclic) bond motifs is 1. The lowest BCUT2D eigenvalue weighted by Gasteiger charge is -2.19. The van der Waals surface area contributed by atoms with Crippen LogP contribution in [-0.4, -0.2) is 40.1 Å². The third kappa shape index (κ3) is 3.22. The average Bonchev–Trinajstić information content (AvgIpc) is 3.11. The Labute approximate surface area is 156 Å². The Bertz CT molecular complexity index is 755. The van der Waals surface area contributed by atoms with Gasteiger partial charge in [0.2, 0.25) is 5.69 Å². The van der Waals surface area contributed by atoms with Crippen LogP contribution in [0.25, 0.3) is 0 Å². The second kappa shape index (κ2) is 7.25. The van der Waals surface area contributed by atoms with E-state index in [2.05, 4.69) is 73.6 Å². The Morgan fingerprint density at radius 3 is 2.80 bits per heavy atom. The quantitative estimate of drug-likeness (QED) is 0.720. The van der Waals surface area contributed by atoms with E-state index in [1.54, 1.807) is 11.8 Å². The third-order valence-electron chi connectivity index (χ3n) is 5.28. The summed E-state index contributed by atoms with van der Waals surface area (Å²) >= 11 is 1.71. The molecule has 2 aliphatic heterocycles. The molecule has 3 nitrogen and oxygen atoms in total. The van der Waals surface area contributed by atoms with E-state index < -0.39 is 0 Å². The van der Waals surface area contributed by atoms with E-state index in [1.807, 2.05) is 0 Å². The summed E-state index contributed by atoms with van der Waals surface area (Å²) in [5.41, 5.74) is 4.10. The van der Waals surface area contributed by atoms with Crippen molar-refractivity contribution >= 4 is 23.2 Å². The summed E-state index contributed by atoms with van der Waals surface area (Å²) in [7, 11) is 0. The molecule has 4 heteroatoms. The van der Waals surface area contributed by atoms with Crippen molar-refractivity contribution in [2.75, 3.05) is 19.6 Å². The second-order valence-electron chi connectivity index (χ2n) is 7.29. The summed E-state index contributed by atoms with van der Waals surface area (Å²) < 4.78 is 2.50. The molecule has 1 saturated heterocycles. The van der Waals surface area contributed by atoms with E-state index in [-0.39, 0.29) is 10.7 Å². The van der Waals surface area contributed by atoms with Crippen molar-refractivity contribution in [3.8, 4) is 6.07 Å². The summed E-state index contributed by atoms with van der Waals surface area (Å²) in [6.07, 6.45) is 4.72. The number of unbranched alkanes of at least 4 members (excludes halogenated alkanes) is 1. The lowest BCUT2D eigenvalue weighted by atomic mass is 9.81. The molecule has 0 saturated carbocycles. The van der Waals surface area contributed by atoms with Crippen molar-refractivity contribution < 1.29 is 4.58 Å². The lowest BCUT2D eigenvalue weighted by Crippen LogP contribution is -2.29. The van der Waals surface area contributed by atoms with Crippen LogP contribution in [0, 0.1) is 11.3 Å². The number of para-hydroxylation sites is 1. The highest BCUT2D eigenvalue weighted by Gasteiger charge is 2.45. The molecule has 0 amide bonds. The van der Waals surface area contributed by atoms with Gasteiger partial charge in [-0.2, -0.15) is 9.84 Å². The van der Waals surface area contributed by atoms with Crippen molar-refractivity contribution in [2.45, 2.75) is 51.2 Å². The summed E-state index contributed by atoms with van der Waals surface area (Å²) in [5, 5.41) is 10.6. The Balaban J connectivity index is 2.08. The Morgan fingerprint density at radius 2 is 2.12 bits per heavy atom. The maximum absolute atomic E-state index is 9.33. The molecule has 0 aliphatic carbocycles. The van der Waals surface area contributed by atoms with Crippen molar-refractivity contribution in [3.05, 3.63) is 40.9 Å². The molecule has 0 bridgehead atoms. The number of nitrogens with zero attached hydrogens (tertiary/aromatic N) is 3. The number of hydrogen-bond acceptors (Lipinski definition) is 3. The Hall–Kier alpha value is -1.73. The minimum absolute atomic E-state index is 0.0119.